The van der Waals surface area contributed by atoms with Gasteiger partial charge >= 0.3 is 34.1 Å². The fourth-order valence-corrected chi connectivity index (χ4v) is 3.56. The quantitative estimate of drug-likeness (QED) is 0.0779. The SMILES string of the molecule is O=C([O-])CCC(=O)[O-].O=[N+]([O-])[O-].O=[N+]([O-])[O-].[Cu+2].[Cu+2].[OH3+].[OH3+].c1cnc2c(c1)ccc1cccnc12.c1cnc2c(c1)ccc1cccnc12. The van der Waals surface area contributed by atoms with Crippen LogP contribution in [0.25, 0.3) is 43.6 Å². The van der Waals surface area contributed by atoms with Crippen molar-refractivity contribution in [3.05, 3.63) is 128 Å². The molecular weight excluding hydrogens is 739 g/mol. The van der Waals surface area contributed by atoms with Crippen LogP contribution in [0.3, 0.4) is 0 Å². The first-order valence-electron chi connectivity index (χ1n) is 12.2. The van der Waals surface area contributed by atoms with E-state index < -0.39 is 35.0 Å². The summed E-state index contributed by atoms with van der Waals surface area (Å²) in [6.07, 6.45) is 6.27. The molecule has 4 aromatic heterocycles. The predicted molar refractivity (Wildman–Crippen MR) is 164 cm³/mol. The maximum absolute atomic E-state index is 9.50. The Bertz CT molecular complexity index is 1650. The zero-order valence-electron chi connectivity index (χ0n) is 24.2. The fraction of sp³-hybridized carbons (Fsp3) is 0.0714. The van der Waals surface area contributed by atoms with Crippen molar-refractivity contribution in [1.82, 2.24) is 19.9 Å². The van der Waals surface area contributed by atoms with Gasteiger partial charge < -0.3 is 61.4 Å². The first-order chi connectivity index (χ1) is 21.0. The third kappa shape index (κ3) is 16.6. The Morgan fingerprint density at radius 2 is 0.667 bits per heavy atom. The Balaban J connectivity index is -0.000000564. The van der Waals surface area contributed by atoms with Gasteiger partial charge in [0.15, 0.2) is 0 Å². The van der Waals surface area contributed by atoms with Crippen LogP contribution in [-0.2, 0) is 54.7 Å². The van der Waals surface area contributed by atoms with Crippen LogP contribution in [0.1, 0.15) is 12.8 Å². The molecule has 48 heavy (non-hydrogen) atoms. The van der Waals surface area contributed by atoms with Crippen LogP contribution in [0.5, 0.6) is 0 Å². The second kappa shape index (κ2) is 24.6. The zero-order chi connectivity index (χ0) is 32.5. The third-order valence-electron chi connectivity index (χ3n) is 5.22. The van der Waals surface area contributed by atoms with E-state index in [9.17, 15) is 19.8 Å². The molecule has 0 saturated heterocycles. The molecule has 0 unspecified atom stereocenters. The van der Waals surface area contributed by atoms with E-state index in [0.29, 0.717) is 0 Å². The van der Waals surface area contributed by atoms with Crippen molar-refractivity contribution in [3.8, 4) is 0 Å². The monoisotopic (exact) mass is 764 g/mol. The van der Waals surface area contributed by atoms with Gasteiger partial charge in [-0.3, -0.25) is 19.9 Å². The van der Waals surface area contributed by atoms with Gasteiger partial charge in [-0.1, -0.05) is 48.5 Å². The average molecular weight is 766 g/mol. The second-order valence-corrected chi connectivity index (χ2v) is 8.12. The predicted octanol–water partition coefficient (Wildman–Crippen LogP) is 0.505. The topological polar surface area (TPSA) is 330 Å². The number of carboxylic acid groups (broad SMARTS) is 2. The van der Waals surface area contributed by atoms with Gasteiger partial charge in [0.2, 0.25) is 0 Å². The molecule has 0 aliphatic heterocycles. The number of carbonyl (C=O) groups is 2. The zero-order valence-corrected chi connectivity index (χ0v) is 26.1. The third-order valence-corrected chi connectivity index (χ3v) is 5.22. The van der Waals surface area contributed by atoms with Gasteiger partial charge in [0.05, 0.1) is 32.2 Å². The Morgan fingerprint density at radius 1 is 0.479 bits per heavy atom. The van der Waals surface area contributed by atoms with Crippen LogP contribution in [0.15, 0.2) is 97.6 Å². The summed E-state index contributed by atoms with van der Waals surface area (Å²) in [7, 11) is 0. The summed E-state index contributed by atoms with van der Waals surface area (Å²) in [5.74, 6) is -2.73. The molecule has 2 aromatic carbocycles. The minimum atomic E-state index is -1.75. The smallest absolute Gasteiger partial charge is 0.550 e. The maximum atomic E-state index is 9.50. The molecule has 4 heterocycles. The van der Waals surface area contributed by atoms with Crippen molar-refractivity contribution in [3.63, 3.8) is 0 Å². The molecule has 0 aliphatic rings. The minimum Gasteiger partial charge on any atom is -0.550 e. The Hall–Kier alpha value is -5.62. The summed E-state index contributed by atoms with van der Waals surface area (Å²) in [4.78, 5) is 52.9. The van der Waals surface area contributed by atoms with Gasteiger partial charge in [-0.15, -0.1) is 0 Å². The van der Waals surface area contributed by atoms with E-state index in [-0.39, 0.29) is 45.1 Å². The molecule has 0 saturated carbocycles. The summed E-state index contributed by atoms with van der Waals surface area (Å²) in [6, 6.07) is 24.3. The summed E-state index contributed by atoms with van der Waals surface area (Å²) >= 11 is 0. The first kappa shape index (κ1) is 46.8. The summed E-state index contributed by atoms with van der Waals surface area (Å²) < 4.78 is 0. The second-order valence-electron chi connectivity index (χ2n) is 8.12. The molecule has 0 atom stereocenters. The Labute approximate surface area is 290 Å². The number of carbonyl (C=O) groups excluding carboxylic acids is 2. The van der Waals surface area contributed by atoms with Gasteiger partial charge in [-0.25, -0.2) is 0 Å². The van der Waals surface area contributed by atoms with E-state index in [0.717, 1.165) is 43.6 Å². The van der Waals surface area contributed by atoms with Crippen LogP contribution in [-0.4, -0.2) is 42.0 Å². The number of hydrogen-bond acceptors (Lipinski definition) is 14. The molecular formula is C28H26Cu2N6O12+2. The molecule has 0 amide bonds. The van der Waals surface area contributed by atoms with Gasteiger partial charge in [-0.2, -0.15) is 0 Å². The molecule has 6 N–H and O–H groups in total. The van der Waals surface area contributed by atoms with Crippen LogP contribution >= 0.6 is 0 Å². The molecule has 0 spiro atoms. The standard InChI is InChI=1S/2C12H8N2.C4H6O4.2Cu.2NO3.2H2O/c2*1-3-9-5-6-10-4-2-8-14-12(10)11(9)13-7-1;5-3(6)1-2-4(7)8;;;2*2-1(3)4;;/h2*1-8H;1-2H2,(H,5,6)(H,7,8);;;;;2*1H2/q;;;2*+2;2*-1;;. The summed E-state index contributed by atoms with van der Waals surface area (Å²) in [5.41, 5.74) is 3.91. The number of nitrogens with zero attached hydrogens (tertiary/aromatic N) is 6. The van der Waals surface area contributed by atoms with Crippen LogP contribution in [0, 0.1) is 30.6 Å². The van der Waals surface area contributed by atoms with E-state index in [1.165, 1.54) is 0 Å². The molecule has 260 valence electrons. The minimum absolute atomic E-state index is 0. The van der Waals surface area contributed by atoms with Crippen molar-refractivity contribution in [2.24, 2.45) is 0 Å². The number of pyridine rings is 4. The number of aromatic nitrogens is 4. The molecule has 2 radical (unpaired) electrons. The molecule has 6 aromatic rings. The molecule has 18 nitrogen and oxygen atoms in total. The van der Waals surface area contributed by atoms with E-state index in [1.807, 2.05) is 24.3 Å². The molecule has 6 rings (SSSR count). The number of fused-ring (bicyclic) bond motifs is 6. The van der Waals surface area contributed by atoms with E-state index in [2.05, 4.69) is 68.5 Å². The average Bonchev–Trinajstić information content (AvgIpc) is 3.00. The van der Waals surface area contributed by atoms with Gasteiger partial charge in [0.25, 0.3) is 0 Å². The maximum Gasteiger partial charge on any atom is 2.00 e. The van der Waals surface area contributed by atoms with Crippen molar-refractivity contribution in [2.45, 2.75) is 12.8 Å². The summed E-state index contributed by atoms with van der Waals surface area (Å²) in [6.45, 7) is 0. The normalized spacial score (nSPS) is 8.75. The number of benzene rings is 2. The van der Waals surface area contributed by atoms with E-state index in [4.69, 9.17) is 30.6 Å². The van der Waals surface area contributed by atoms with E-state index >= 15 is 0 Å². The number of aliphatic carboxylic acids is 2. The number of hydrogen-bond donors (Lipinski definition) is 0. The summed E-state index contributed by atoms with van der Waals surface area (Å²) in [5, 5.41) is 53.1. The van der Waals surface area contributed by atoms with Crippen molar-refractivity contribution < 1.29 is 75.1 Å². The molecule has 0 aliphatic carbocycles. The largest absolute Gasteiger partial charge is 2.00 e. The molecule has 0 fully saturated rings. The Morgan fingerprint density at radius 3 is 0.833 bits per heavy atom. The van der Waals surface area contributed by atoms with Gasteiger partial charge in [0.1, 0.15) is 0 Å². The van der Waals surface area contributed by atoms with E-state index in [1.54, 1.807) is 24.8 Å². The van der Waals surface area contributed by atoms with Crippen molar-refractivity contribution in [2.75, 3.05) is 0 Å². The Kier molecular flexibility index (Phi) is 24.0. The molecule has 0 bridgehead atoms. The number of rotatable bonds is 3. The van der Waals surface area contributed by atoms with Crippen LogP contribution in [0.2, 0.25) is 0 Å². The van der Waals surface area contributed by atoms with Gasteiger partial charge in [-0.05, 0) is 37.1 Å². The number of carboxylic acids is 2. The van der Waals surface area contributed by atoms with Crippen LogP contribution < -0.4 is 10.2 Å². The fourth-order valence-electron chi connectivity index (χ4n) is 3.56. The van der Waals surface area contributed by atoms with Gasteiger partial charge in [0, 0.05) is 58.3 Å². The van der Waals surface area contributed by atoms with Crippen molar-refractivity contribution >= 4 is 55.6 Å². The van der Waals surface area contributed by atoms with Crippen LogP contribution in [0.4, 0.5) is 0 Å². The van der Waals surface area contributed by atoms with Crippen molar-refractivity contribution in [1.29, 1.82) is 0 Å². The molecule has 20 heteroatoms. The first-order valence-corrected chi connectivity index (χ1v) is 12.2.